The maximum Gasteiger partial charge on any atom is 0.0221 e. The van der Waals surface area contributed by atoms with Crippen molar-refractivity contribution in [3.63, 3.8) is 0 Å². The molecular weight excluding hydrogens is 222 g/mol. The van der Waals surface area contributed by atoms with Crippen molar-refractivity contribution in [2.45, 2.75) is 64.1 Å². The third-order valence-corrected chi connectivity index (χ3v) is 4.89. The first-order valence-corrected chi connectivity index (χ1v) is 7.85. The Kier molecular flexibility index (Phi) is 5.46. The highest BCUT2D eigenvalue weighted by molar-refractivity contribution is 4.84. The van der Waals surface area contributed by atoms with Crippen molar-refractivity contribution < 1.29 is 0 Å². The van der Waals surface area contributed by atoms with E-state index in [4.69, 9.17) is 0 Å². The van der Waals surface area contributed by atoms with Gasteiger partial charge in [0, 0.05) is 24.7 Å². The molecule has 2 atom stereocenters. The number of nitrogens with one attached hydrogen (secondary N) is 1. The zero-order valence-corrected chi connectivity index (χ0v) is 12.5. The van der Waals surface area contributed by atoms with Gasteiger partial charge >= 0.3 is 0 Å². The summed E-state index contributed by atoms with van der Waals surface area (Å²) in [5, 5.41) is 3.55. The van der Waals surface area contributed by atoms with Crippen molar-refractivity contribution in [1.82, 2.24) is 15.1 Å². The van der Waals surface area contributed by atoms with Gasteiger partial charge in [0.1, 0.15) is 0 Å². The van der Waals surface area contributed by atoms with E-state index in [-0.39, 0.29) is 0 Å². The minimum atomic E-state index is 0.713. The summed E-state index contributed by atoms with van der Waals surface area (Å²) >= 11 is 0. The van der Waals surface area contributed by atoms with E-state index in [0.29, 0.717) is 6.04 Å². The smallest absolute Gasteiger partial charge is 0.0221 e. The average Bonchev–Trinajstić information content (AvgIpc) is 2.64. The summed E-state index contributed by atoms with van der Waals surface area (Å²) in [4.78, 5) is 5.32. The molecule has 0 aliphatic carbocycles. The highest BCUT2D eigenvalue weighted by Crippen LogP contribution is 2.21. The lowest BCUT2D eigenvalue weighted by atomic mass is 10.0. The SMILES string of the molecule is CC(C)N1CCCC(N(C)C2CCCNC2)CC1. The van der Waals surface area contributed by atoms with Crippen LogP contribution in [0.5, 0.6) is 0 Å². The summed E-state index contributed by atoms with van der Waals surface area (Å²) in [6.45, 7) is 9.65. The third-order valence-electron chi connectivity index (χ3n) is 4.89. The van der Waals surface area contributed by atoms with Gasteiger partial charge in [0.05, 0.1) is 0 Å². The fraction of sp³-hybridized carbons (Fsp3) is 1.00. The molecule has 0 aromatic heterocycles. The van der Waals surface area contributed by atoms with Gasteiger partial charge in [-0.3, -0.25) is 4.90 Å². The van der Waals surface area contributed by atoms with E-state index in [0.717, 1.165) is 12.1 Å². The van der Waals surface area contributed by atoms with Crippen molar-refractivity contribution in [3.05, 3.63) is 0 Å². The summed E-state index contributed by atoms with van der Waals surface area (Å²) in [6.07, 6.45) is 6.84. The molecule has 106 valence electrons. The van der Waals surface area contributed by atoms with Crippen LogP contribution in [-0.4, -0.2) is 61.2 Å². The minimum Gasteiger partial charge on any atom is -0.315 e. The van der Waals surface area contributed by atoms with Crippen molar-refractivity contribution in [2.24, 2.45) is 0 Å². The maximum absolute atomic E-state index is 3.55. The molecule has 0 spiro atoms. The van der Waals surface area contributed by atoms with Crippen LogP contribution in [0.1, 0.15) is 46.0 Å². The van der Waals surface area contributed by atoms with E-state index in [1.807, 2.05) is 0 Å². The van der Waals surface area contributed by atoms with E-state index in [2.05, 4.69) is 36.0 Å². The number of likely N-dealkylation sites (tertiary alicyclic amines) is 1. The Morgan fingerprint density at radius 3 is 2.50 bits per heavy atom. The average molecular weight is 253 g/mol. The molecule has 2 heterocycles. The zero-order valence-electron chi connectivity index (χ0n) is 12.5. The van der Waals surface area contributed by atoms with E-state index in [9.17, 15) is 0 Å². The maximum atomic E-state index is 3.55. The van der Waals surface area contributed by atoms with Gasteiger partial charge in [-0.1, -0.05) is 0 Å². The molecule has 0 radical (unpaired) electrons. The van der Waals surface area contributed by atoms with Crippen LogP contribution in [0.3, 0.4) is 0 Å². The molecule has 2 aliphatic heterocycles. The lowest BCUT2D eigenvalue weighted by Crippen LogP contribution is -2.48. The van der Waals surface area contributed by atoms with Crippen LogP contribution in [0.4, 0.5) is 0 Å². The van der Waals surface area contributed by atoms with Crippen LogP contribution in [0, 0.1) is 0 Å². The molecule has 2 saturated heterocycles. The van der Waals surface area contributed by atoms with Gasteiger partial charge in [-0.2, -0.15) is 0 Å². The van der Waals surface area contributed by atoms with E-state index in [1.54, 1.807) is 0 Å². The van der Waals surface area contributed by atoms with Crippen molar-refractivity contribution in [1.29, 1.82) is 0 Å². The van der Waals surface area contributed by atoms with Crippen LogP contribution in [0.15, 0.2) is 0 Å². The molecule has 2 aliphatic rings. The standard InChI is InChI=1S/C15H31N3/c1-13(2)18-10-5-7-14(8-11-18)17(3)15-6-4-9-16-12-15/h13-16H,4-12H2,1-3H3. The highest BCUT2D eigenvalue weighted by atomic mass is 15.2. The largest absolute Gasteiger partial charge is 0.315 e. The fourth-order valence-corrected chi connectivity index (χ4v) is 3.50. The minimum absolute atomic E-state index is 0.713. The highest BCUT2D eigenvalue weighted by Gasteiger charge is 2.26. The zero-order chi connectivity index (χ0) is 13.0. The molecular formula is C15H31N3. The van der Waals surface area contributed by atoms with Crippen molar-refractivity contribution in [2.75, 3.05) is 33.2 Å². The molecule has 18 heavy (non-hydrogen) atoms. The number of nitrogens with zero attached hydrogens (tertiary/aromatic N) is 2. The Bertz CT molecular complexity index is 236. The Morgan fingerprint density at radius 2 is 1.83 bits per heavy atom. The number of hydrogen-bond acceptors (Lipinski definition) is 3. The van der Waals surface area contributed by atoms with Crippen molar-refractivity contribution >= 4 is 0 Å². The molecule has 2 unspecified atom stereocenters. The second-order valence-electron chi connectivity index (χ2n) is 6.38. The first kappa shape index (κ1) is 14.3. The van der Waals surface area contributed by atoms with Crippen LogP contribution >= 0.6 is 0 Å². The van der Waals surface area contributed by atoms with E-state index < -0.39 is 0 Å². The second-order valence-corrected chi connectivity index (χ2v) is 6.38. The third kappa shape index (κ3) is 3.69. The predicted octanol–water partition coefficient (Wildman–Crippen LogP) is 1.93. The van der Waals surface area contributed by atoms with Gasteiger partial charge in [-0.15, -0.1) is 0 Å². The normalized spacial score (nSPS) is 31.8. The van der Waals surface area contributed by atoms with Crippen molar-refractivity contribution in [3.8, 4) is 0 Å². The van der Waals surface area contributed by atoms with Gasteiger partial charge in [-0.25, -0.2) is 0 Å². The molecule has 1 N–H and O–H groups in total. The van der Waals surface area contributed by atoms with E-state index >= 15 is 0 Å². The molecule has 0 amide bonds. The lowest BCUT2D eigenvalue weighted by molar-refractivity contribution is 0.132. The Balaban J connectivity index is 1.84. The molecule has 0 aromatic carbocycles. The van der Waals surface area contributed by atoms with Crippen LogP contribution in [-0.2, 0) is 0 Å². The monoisotopic (exact) mass is 253 g/mol. The Hall–Kier alpha value is -0.120. The topological polar surface area (TPSA) is 18.5 Å². The van der Waals surface area contributed by atoms with Gasteiger partial charge in [0.15, 0.2) is 0 Å². The van der Waals surface area contributed by atoms with E-state index in [1.165, 1.54) is 58.3 Å². The van der Waals surface area contributed by atoms with Gasteiger partial charge < -0.3 is 10.2 Å². The molecule has 2 fully saturated rings. The lowest BCUT2D eigenvalue weighted by Gasteiger charge is -2.37. The van der Waals surface area contributed by atoms with Gasteiger partial charge in [0.25, 0.3) is 0 Å². The van der Waals surface area contributed by atoms with Crippen LogP contribution < -0.4 is 5.32 Å². The number of likely N-dealkylation sites (N-methyl/N-ethyl adjacent to an activating group) is 1. The first-order valence-electron chi connectivity index (χ1n) is 7.85. The summed E-state index contributed by atoms with van der Waals surface area (Å²) in [7, 11) is 2.35. The predicted molar refractivity (Wildman–Crippen MR) is 78.0 cm³/mol. The van der Waals surface area contributed by atoms with Gasteiger partial charge in [0.2, 0.25) is 0 Å². The Labute approximate surface area is 113 Å². The quantitative estimate of drug-likeness (QED) is 0.829. The summed E-state index contributed by atoms with van der Waals surface area (Å²) < 4.78 is 0. The number of rotatable bonds is 3. The molecule has 0 aromatic rings. The van der Waals surface area contributed by atoms with Gasteiger partial charge in [-0.05, 0) is 72.6 Å². The second kappa shape index (κ2) is 6.88. The molecule has 0 saturated carbocycles. The first-order chi connectivity index (χ1) is 8.68. The van der Waals surface area contributed by atoms with Crippen LogP contribution in [0.2, 0.25) is 0 Å². The summed E-state index contributed by atoms with van der Waals surface area (Å²) in [6, 6.07) is 2.29. The fourth-order valence-electron chi connectivity index (χ4n) is 3.50. The molecule has 0 bridgehead atoms. The van der Waals surface area contributed by atoms with Crippen LogP contribution in [0.25, 0.3) is 0 Å². The summed E-state index contributed by atoms with van der Waals surface area (Å²) in [5.74, 6) is 0. The Morgan fingerprint density at radius 1 is 1.06 bits per heavy atom. The molecule has 2 rings (SSSR count). The number of piperidine rings is 1. The summed E-state index contributed by atoms with van der Waals surface area (Å²) in [5.41, 5.74) is 0. The molecule has 3 heteroatoms. The molecule has 3 nitrogen and oxygen atoms in total. The number of hydrogen-bond donors (Lipinski definition) is 1.